The molecule has 0 aliphatic rings. The number of non-ortho nitro benzene ring substituents is 1. The van der Waals surface area contributed by atoms with Crippen molar-refractivity contribution in [1.82, 2.24) is 5.32 Å². The van der Waals surface area contributed by atoms with Gasteiger partial charge in [0.2, 0.25) is 0 Å². The minimum absolute atomic E-state index is 0.00347. The van der Waals surface area contributed by atoms with Gasteiger partial charge in [-0.15, -0.1) is 0 Å². The fourth-order valence-corrected chi connectivity index (χ4v) is 3.78. The molecule has 0 aromatic heterocycles. The summed E-state index contributed by atoms with van der Waals surface area (Å²) in [6.07, 6.45) is 3.07. The van der Waals surface area contributed by atoms with Crippen LogP contribution in [-0.2, 0) is 17.8 Å². The van der Waals surface area contributed by atoms with Gasteiger partial charge in [0.25, 0.3) is 11.6 Å². The summed E-state index contributed by atoms with van der Waals surface area (Å²) in [6.45, 7) is 0.622. The second-order valence-corrected chi connectivity index (χ2v) is 8.61. The zero-order chi connectivity index (χ0) is 25.9. The molecule has 1 amide bonds. The topological polar surface area (TPSA) is 114 Å². The molecule has 0 saturated carbocycles. The quantitative estimate of drug-likeness (QED) is 0.109. The van der Waals surface area contributed by atoms with Crippen LogP contribution in [0.25, 0.3) is 6.08 Å². The molecule has 0 spiro atoms. The van der Waals surface area contributed by atoms with Crippen LogP contribution in [0, 0.1) is 21.4 Å². The van der Waals surface area contributed by atoms with E-state index in [0.717, 1.165) is 18.4 Å². The van der Waals surface area contributed by atoms with Crippen molar-refractivity contribution in [2.45, 2.75) is 19.4 Å². The van der Waals surface area contributed by atoms with Gasteiger partial charge in [0.1, 0.15) is 18.2 Å². The first-order valence-corrected chi connectivity index (χ1v) is 11.9. The summed E-state index contributed by atoms with van der Waals surface area (Å²) in [4.78, 5) is 22.9. The molecule has 3 aromatic carbocycles. The third kappa shape index (κ3) is 7.42. The van der Waals surface area contributed by atoms with E-state index in [9.17, 15) is 20.2 Å². The van der Waals surface area contributed by atoms with Crippen molar-refractivity contribution in [2.75, 3.05) is 13.7 Å². The van der Waals surface area contributed by atoms with Crippen LogP contribution < -0.4 is 14.8 Å². The van der Waals surface area contributed by atoms with Gasteiger partial charge < -0.3 is 14.8 Å². The van der Waals surface area contributed by atoms with E-state index >= 15 is 0 Å². The molecule has 0 aliphatic heterocycles. The van der Waals surface area contributed by atoms with Gasteiger partial charge in [-0.05, 0) is 59.9 Å². The lowest BCUT2D eigenvalue weighted by Gasteiger charge is -2.13. The first-order chi connectivity index (χ1) is 17.4. The normalized spacial score (nSPS) is 10.9. The predicted molar refractivity (Wildman–Crippen MR) is 139 cm³/mol. The van der Waals surface area contributed by atoms with Crippen molar-refractivity contribution in [2.24, 2.45) is 0 Å². The molecule has 3 rings (SSSR count). The number of nitro groups is 1. The van der Waals surface area contributed by atoms with Crippen LogP contribution in [0.4, 0.5) is 5.69 Å². The zero-order valence-corrected chi connectivity index (χ0v) is 21.2. The molecular weight excluding hydrogens is 526 g/mol. The number of amides is 1. The van der Waals surface area contributed by atoms with Crippen LogP contribution in [0.1, 0.15) is 23.1 Å². The number of carbonyl (C=O) groups excluding carboxylic acids is 1. The van der Waals surface area contributed by atoms with E-state index in [0.29, 0.717) is 28.1 Å². The summed E-state index contributed by atoms with van der Waals surface area (Å²) in [7, 11) is 1.49. The highest BCUT2D eigenvalue weighted by Gasteiger charge is 2.14. The van der Waals surface area contributed by atoms with Gasteiger partial charge in [-0.25, -0.2) is 0 Å². The molecule has 1 N–H and O–H groups in total. The van der Waals surface area contributed by atoms with E-state index in [1.807, 2.05) is 36.4 Å². The Balaban J connectivity index is 1.65. The number of hydrogen-bond donors (Lipinski definition) is 1. The molecule has 0 radical (unpaired) electrons. The Hall–Kier alpha value is -4.16. The highest BCUT2D eigenvalue weighted by atomic mass is 79.9. The molecule has 0 fully saturated rings. The van der Waals surface area contributed by atoms with Crippen molar-refractivity contribution < 1.29 is 19.2 Å². The lowest BCUT2D eigenvalue weighted by molar-refractivity contribution is -0.384. The van der Waals surface area contributed by atoms with Gasteiger partial charge >= 0.3 is 0 Å². The van der Waals surface area contributed by atoms with E-state index in [2.05, 4.69) is 21.2 Å². The van der Waals surface area contributed by atoms with Crippen molar-refractivity contribution in [1.29, 1.82) is 5.26 Å². The second-order valence-electron chi connectivity index (χ2n) is 7.75. The molecular formula is C27H24BrN3O5. The second kappa shape index (κ2) is 13.1. The Morgan fingerprint density at radius 2 is 1.83 bits per heavy atom. The van der Waals surface area contributed by atoms with Crippen molar-refractivity contribution in [3.8, 4) is 17.6 Å². The summed E-state index contributed by atoms with van der Waals surface area (Å²) in [5.41, 5.74) is 2.49. The van der Waals surface area contributed by atoms with E-state index in [1.54, 1.807) is 24.3 Å². The average molecular weight is 550 g/mol. The lowest BCUT2D eigenvalue weighted by atomic mass is 10.1. The van der Waals surface area contributed by atoms with Gasteiger partial charge in [-0.1, -0.05) is 46.3 Å². The molecule has 3 aromatic rings. The number of ether oxygens (including phenoxy) is 2. The van der Waals surface area contributed by atoms with E-state index in [4.69, 9.17) is 9.47 Å². The SMILES string of the molecule is COc1cc(/C=C(/C#N)C(=O)NCCCc2ccccc2)c(Br)cc1OCc1ccc([N+](=O)[O-])cc1. The molecule has 0 aliphatic carbocycles. The Labute approximate surface area is 217 Å². The van der Waals surface area contributed by atoms with E-state index < -0.39 is 10.8 Å². The fraction of sp³-hybridized carbons (Fsp3) is 0.185. The van der Waals surface area contributed by atoms with Crippen LogP contribution in [0.15, 0.2) is 76.8 Å². The summed E-state index contributed by atoms with van der Waals surface area (Å²) < 4.78 is 11.9. The number of nitriles is 1. The third-order valence-electron chi connectivity index (χ3n) is 5.26. The number of nitrogens with one attached hydrogen (secondary N) is 1. The zero-order valence-electron chi connectivity index (χ0n) is 19.6. The molecule has 36 heavy (non-hydrogen) atoms. The number of rotatable bonds is 11. The Morgan fingerprint density at radius 1 is 1.11 bits per heavy atom. The number of aryl methyl sites for hydroxylation is 1. The molecule has 184 valence electrons. The molecule has 8 nitrogen and oxygen atoms in total. The maximum absolute atomic E-state index is 12.5. The molecule has 0 saturated heterocycles. The first kappa shape index (κ1) is 26.4. The maximum atomic E-state index is 12.5. The van der Waals surface area contributed by atoms with Crippen LogP contribution in [0.2, 0.25) is 0 Å². The van der Waals surface area contributed by atoms with Crippen LogP contribution in [0.3, 0.4) is 0 Å². The van der Waals surface area contributed by atoms with E-state index in [1.165, 1.54) is 30.9 Å². The minimum atomic E-state index is -0.461. The Bertz CT molecular complexity index is 1290. The lowest BCUT2D eigenvalue weighted by Crippen LogP contribution is -2.25. The molecule has 0 bridgehead atoms. The van der Waals surface area contributed by atoms with Gasteiger partial charge in [-0.2, -0.15) is 5.26 Å². The predicted octanol–water partition coefficient (Wildman–Crippen LogP) is 5.60. The van der Waals surface area contributed by atoms with Crippen molar-refractivity contribution in [3.05, 3.63) is 104 Å². The Morgan fingerprint density at radius 3 is 2.47 bits per heavy atom. The van der Waals surface area contributed by atoms with Gasteiger partial charge in [0, 0.05) is 23.2 Å². The summed E-state index contributed by atoms with van der Waals surface area (Å²) >= 11 is 3.46. The number of hydrogen-bond acceptors (Lipinski definition) is 6. The Kier molecular flexibility index (Phi) is 9.60. The summed E-state index contributed by atoms with van der Waals surface area (Å²) in [5, 5.41) is 23.1. The molecule has 0 atom stereocenters. The van der Waals surface area contributed by atoms with Gasteiger partial charge in [0.05, 0.1) is 12.0 Å². The summed E-state index contributed by atoms with van der Waals surface area (Å²) in [5.74, 6) is 0.394. The van der Waals surface area contributed by atoms with Crippen LogP contribution in [0.5, 0.6) is 11.5 Å². The smallest absolute Gasteiger partial charge is 0.269 e. The monoisotopic (exact) mass is 549 g/mol. The molecule has 9 heteroatoms. The van der Waals surface area contributed by atoms with Crippen LogP contribution in [-0.4, -0.2) is 24.5 Å². The minimum Gasteiger partial charge on any atom is -0.493 e. The number of benzene rings is 3. The number of nitro benzene ring substituents is 1. The first-order valence-electron chi connectivity index (χ1n) is 11.1. The number of halogens is 1. The molecule has 0 heterocycles. The largest absolute Gasteiger partial charge is 0.493 e. The average Bonchev–Trinajstić information content (AvgIpc) is 2.90. The number of methoxy groups -OCH3 is 1. The molecule has 0 unspecified atom stereocenters. The van der Waals surface area contributed by atoms with Crippen molar-refractivity contribution in [3.63, 3.8) is 0 Å². The van der Waals surface area contributed by atoms with Gasteiger partial charge in [-0.3, -0.25) is 14.9 Å². The van der Waals surface area contributed by atoms with E-state index in [-0.39, 0.29) is 17.9 Å². The fourth-order valence-electron chi connectivity index (χ4n) is 3.35. The number of nitrogens with zero attached hydrogens (tertiary/aromatic N) is 2. The number of carbonyl (C=O) groups is 1. The standard InChI is InChI=1S/C27H24BrN3O5/c1-35-25-15-21(14-22(17-29)27(32)30-13-5-8-19-6-3-2-4-7-19)24(28)16-26(25)36-18-20-9-11-23(12-10-20)31(33)34/h2-4,6-7,9-12,14-16H,5,8,13,18H2,1H3,(H,30,32)/b22-14-. The van der Waals surface area contributed by atoms with Crippen LogP contribution >= 0.6 is 15.9 Å². The maximum Gasteiger partial charge on any atom is 0.269 e. The summed E-state index contributed by atoms with van der Waals surface area (Å²) in [6, 6.07) is 21.3. The highest BCUT2D eigenvalue weighted by molar-refractivity contribution is 9.10. The third-order valence-corrected chi connectivity index (χ3v) is 5.95. The highest BCUT2D eigenvalue weighted by Crippen LogP contribution is 2.35. The van der Waals surface area contributed by atoms with Gasteiger partial charge in [0.15, 0.2) is 11.5 Å². The van der Waals surface area contributed by atoms with Crippen molar-refractivity contribution >= 4 is 33.6 Å².